The van der Waals surface area contributed by atoms with Gasteiger partial charge in [0.25, 0.3) is 0 Å². The average molecular weight is 366 g/mol. The molecule has 6 nitrogen and oxygen atoms in total. The summed E-state index contributed by atoms with van der Waals surface area (Å²) in [4.78, 5) is 0. The Bertz CT molecular complexity index is 787. The predicted octanol–water partition coefficient (Wildman–Crippen LogP) is 2.84. The maximum atomic E-state index is 12.5. The van der Waals surface area contributed by atoms with Crippen molar-refractivity contribution < 1.29 is 27.4 Å². The van der Waals surface area contributed by atoms with Gasteiger partial charge in [0, 0.05) is 0 Å². The predicted molar refractivity (Wildman–Crippen MR) is 95.4 cm³/mol. The summed E-state index contributed by atoms with van der Waals surface area (Å²) in [5.41, 5.74) is 1.27. The van der Waals surface area contributed by atoms with E-state index in [0.29, 0.717) is 34.1 Å². The molecule has 0 saturated heterocycles. The van der Waals surface area contributed by atoms with Gasteiger partial charge in [0.05, 0.1) is 39.9 Å². The lowest BCUT2D eigenvalue weighted by Gasteiger charge is -2.14. The number of rotatable bonds is 8. The van der Waals surface area contributed by atoms with Crippen LogP contribution >= 0.6 is 0 Å². The molecule has 0 spiro atoms. The molecule has 7 heteroatoms. The monoisotopic (exact) mass is 366 g/mol. The summed E-state index contributed by atoms with van der Waals surface area (Å²) in [5, 5.41) is 0. The first-order chi connectivity index (χ1) is 11.9. The first-order valence-electron chi connectivity index (χ1n) is 7.54. The van der Waals surface area contributed by atoms with Crippen molar-refractivity contribution in [3.63, 3.8) is 0 Å². The van der Waals surface area contributed by atoms with Gasteiger partial charge in [-0.25, -0.2) is 8.42 Å². The number of methoxy groups -OCH3 is 4. The third-order valence-corrected chi connectivity index (χ3v) is 5.20. The van der Waals surface area contributed by atoms with Gasteiger partial charge in [-0.2, -0.15) is 0 Å². The smallest absolute Gasteiger partial charge is 0.203 e. The lowest BCUT2D eigenvalue weighted by atomic mass is 10.2. The standard InChI is InChI=1S/C18H22O6S/c1-21-15-7-5-13(6-8-15)11-25(19,20)12-14-9-16(22-2)18(24-4)17(10-14)23-3/h5-10H,11-12H2,1-4H3. The summed E-state index contributed by atoms with van der Waals surface area (Å²) in [6, 6.07) is 10.3. The molecule has 0 amide bonds. The third-order valence-electron chi connectivity index (χ3n) is 3.66. The highest BCUT2D eigenvalue weighted by Crippen LogP contribution is 2.38. The van der Waals surface area contributed by atoms with E-state index in [1.807, 2.05) is 0 Å². The molecule has 25 heavy (non-hydrogen) atoms. The van der Waals surface area contributed by atoms with Crippen LogP contribution in [0.2, 0.25) is 0 Å². The van der Waals surface area contributed by atoms with Crippen molar-refractivity contribution in [2.24, 2.45) is 0 Å². The molecule has 0 aliphatic rings. The molecule has 0 aromatic heterocycles. The molecular formula is C18H22O6S. The Kier molecular flexibility index (Phi) is 6.14. The van der Waals surface area contributed by atoms with E-state index in [9.17, 15) is 8.42 Å². The molecule has 136 valence electrons. The van der Waals surface area contributed by atoms with Crippen molar-refractivity contribution in [1.29, 1.82) is 0 Å². The van der Waals surface area contributed by atoms with Crippen molar-refractivity contribution in [2.45, 2.75) is 11.5 Å². The van der Waals surface area contributed by atoms with E-state index in [4.69, 9.17) is 18.9 Å². The zero-order chi connectivity index (χ0) is 18.4. The minimum atomic E-state index is -3.37. The largest absolute Gasteiger partial charge is 0.497 e. The molecule has 2 aromatic rings. The molecule has 2 aromatic carbocycles. The van der Waals surface area contributed by atoms with Crippen LogP contribution in [0, 0.1) is 0 Å². The van der Waals surface area contributed by atoms with E-state index in [-0.39, 0.29) is 11.5 Å². The Hall–Kier alpha value is -2.41. The minimum absolute atomic E-state index is 0.0619. The fourth-order valence-corrected chi connectivity index (χ4v) is 3.98. The zero-order valence-electron chi connectivity index (χ0n) is 14.7. The van der Waals surface area contributed by atoms with Gasteiger partial charge in [-0.1, -0.05) is 12.1 Å². The highest BCUT2D eigenvalue weighted by molar-refractivity contribution is 7.89. The normalized spacial score (nSPS) is 11.0. The molecule has 0 aliphatic heterocycles. The molecule has 2 rings (SSSR count). The summed E-state index contributed by atoms with van der Waals surface area (Å²) < 4.78 is 45.9. The van der Waals surface area contributed by atoms with Crippen molar-refractivity contribution in [3.8, 4) is 23.0 Å². The van der Waals surface area contributed by atoms with Crippen LogP contribution in [0.15, 0.2) is 36.4 Å². The third kappa shape index (κ3) is 4.79. The lowest BCUT2D eigenvalue weighted by Crippen LogP contribution is -2.08. The second kappa shape index (κ2) is 8.11. The van der Waals surface area contributed by atoms with Gasteiger partial charge in [-0.3, -0.25) is 0 Å². The zero-order valence-corrected chi connectivity index (χ0v) is 15.6. The number of hydrogen-bond donors (Lipinski definition) is 0. The summed E-state index contributed by atoms with van der Waals surface area (Å²) in [5.74, 6) is 1.78. The van der Waals surface area contributed by atoms with Crippen LogP contribution < -0.4 is 18.9 Å². The number of sulfone groups is 1. The van der Waals surface area contributed by atoms with Gasteiger partial charge in [-0.15, -0.1) is 0 Å². The fraction of sp³-hybridized carbons (Fsp3) is 0.333. The van der Waals surface area contributed by atoms with Crippen molar-refractivity contribution in [3.05, 3.63) is 47.5 Å². The topological polar surface area (TPSA) is 71.1 Å². The maximum Gasteiger partial charge on any atom is 0.203 e. The van der Waals surface area contributed by atoms with Crippen molar-refractivity contribution >= 4 is 9.84 Å². The molecule has 0 unspecified atom stereocenters. The highest BCUT2D eigenvalue weighted by Gasteiger charge is 2.18. The van der Waals surface area contributed by atoms with Gasteiger partial charge >= 0.3 is 0 Å². The van der Waals surface area contributed by atoms with Crippen molar-refractivity contribution in [1.82, 2.24) is 0 Å². The Morgan fingerprint density at radius 2 is 1.24 bits per heavy atom. The molecule has 0 fully saturated rings. The first-order valence-corrected chi connectivity index (χ1v) is 9.36. The van der Waals surface area contributed by atoms with Crippen LogP contribution in [0.3, 0.4) is 0 Å². The molecule has 0 saturated carbocycles. The van der Waals surface area contributed by atoms with E-state index in [0.717, 1.165) is 0 Å². The quantitative estimate of drug-likeness (QED) is 0.715. The summed E-state index contributed by atoms with van der Waals surface area (Å²) in [6.45, 7) is 0. The van der Waals surface area contributed by atoms with Crippen LogP contribution in [0.4, 0.5) is 0 Å². The first kappa shape index (κ1) is 18.9. The fourth-order valence-electron chi connectivity index (χ4n) is 2.50. The maximum absolute atomic E-state index is 12.5. The van der Waals surface area contributed by atoms with Crippen molar-refractivity contribution in [2.75, 3.05) is 28.4 Å². The molecule has 0 heterocycles. The van der Waals surface area contributed by atoms with Gasteiger partial charge in [0.2, 0.25) is 5.75 Å². The van der Waals surface area contributed by atoms with Gasteiger partial charge in [0.15, 0.2) is 21.3 Å². The Morgan fingerprint density at radius 3 is 1.68 bits per heavy atom. The SMILES string of the molecule is COc1ccc(CS(=O)(=O)Cc2cc(OC)c(OC)c(OC)c2)cc1. The highest BCUT2D eigenvalue weighted by atomic mass is 32.2. The van der Waals surface area contributed by atoms with E-state index in [1.54, 1.807) is 43.5 Å². The van der Waals surface area contributed by atoms with Crippen LogP contribution in [0.1, 0.15) is 11.1 Å². The van der Waals surface area contributed by atoms with Gasteiger partial charge < -0.3 is 18.9 Å². The number of hydrogen-bond acceptors (Lipinski definition) is 6. The Balaban J connectivity index is 2.24. The number of ether oxygens (including phenoxy) is 4. The van der Waals surface area contributed by atoms with E-state index < -0.39 is 9.84 Å². The number of benzene rings is 2. The van der Waals surface area contributed by atoms with E-state index >= 15 is 0 Å². The second-order valence-electron chi connectivity index (χ2n) is 5.41. The van der Waals surface area contributed by atoms with Crippen LogP contribution in [-0.2, 0) is 21.3 Å². The molecule has 0 radical (unpaired) electrons. The summed E-state index contributed by atoms with van der Waals surface area (Å²) in [6.07, 6.45) is 0. The summed E-state index contributed by atoms with van der Waals surface area (Å²) >= 11 is 0. The molecule has 0 aliphatic carbocycles. The molecule has 0 atom stereocenters. The molecule has 0 bridgehead atoms. The molecule has 0 N–H and O–H groups in total. The van der Waals surface area contributed by atoms with Gasteiger partial charge in [-0.05, 0) is 35.4 Å². The summed E-state index contributed by atoms with van der Waals surface area (Å²) in [7, 11) is 2.68. The van der Waals surface area contributed by atoms with Gasteiger partial charge in [0.1, 0.15) is 5.75 Å². The van der Waals surface area contributed by atoms with Crippen LogP contribution in [0.5, 0.6) is 23.0 Å². The molecular weight excluding hydrogens is 344 g/mol. The van der Waals surface area contributed by atoms with E-state index in [2.05, 4.69) is 0 Å². The second-order valence-corrected chi connectivity index (χ2v) is 7.48. The average Bonchev–Trinajstić information content (AvgIpc) is 2.60. The van der Waals surface area contributed by atoms with E-state index in [1.165, 1.54) is 21.3 Å². The minimum Gasteiger partial charge on any atom is -0.497 e. The van der Waals surface area contributed by atoms with Crippen LogP contribution in [-0.4, -0.2) is 36.9 Å². The lowest BCUT2D eigenvalue weighted by molar-refractivity contribution is 0.324. The Morgan fingerprint density at radius 1 is 0.720 bits per heavy atom. The Labute approximate surface area is 148 Å². The van der Waals surface area contributed by atoms with Crippen LogP contribution in [0.25, 0.3) is 0 Å².